The highest BCUT2D eigenvalue weighted by atomic mass is 16.5. The third-order valence-corrected chi connectivity index (χ3v) is 3.79. The van der Waals surface area contributed by atoms with E-state index in [1.807, 2.05) is 11.8 Å². The second-order valence-corrected chi connectivity index (χ2v) is 4.92. The second kappa shape index (κ2) is 5.95. The number of ether oxygens (including phenoxy) is 1. The van der Waals surface area contributed by atoms with E-state index >= 15 is 0 Å². The molecule has 4 heteroatoms. The number of aromatic hydroxyl groups is 1. The molecule has 2 rings (SSSR count). The Morgan fingerprint density at radius 3 is 2.63 bits per heavy atom. The molecule has 0 unspecified atom stereocenters. The molecular formula is C15H21NO3. The summed E-state index contributed by atoms with van der Waals surface area (Å²) < 4.78 is 4.99. The van der Waals surface area contributed by atoms with Gasteiger partial charge in [-0.05, 0) is 38.0 Å². The van der Waals surface area contributed by atoms with Crippen LogP contribution in [0.2, 0.25) is 0 Å². The number of phenolic OH excluding ortho intramolecular Hbond substituents is 1. The Kier molecular flexibility index (Phi) is 4.30. The van der Waals surface area contributed by atoms with Gasteiger partial charge in [-0.3, -0.25) is 4.79 Å². The normalized spacial score (nSPS) is 15.5. The topological polar surface area (TPSA) is 49.8 Å². The van der Waals surface area contributed by atoms with Crippen molar-refractivity contribution in [2.75, 3.05) is 13.7 Å². The summed E-state index contributed by atoms with van der Waals surface area (Å²) >= 11 is 0. The van der Waals surface area contributed by atoms with Crippen molar-refractivity contribution in [2.24, 2.45) is 0 Å². The first kappa shape index (κ1) is 13.7. The highest BCUT2D eigenvalue weighted by Crippen LogP contribution is 2.29. The van der Waals surface area contributed by atoms with Crippen LogP contribution in [0, 0.1) is 0 Å². The molecule has 0 spiro atoms. The first-order valence-corrected chi connectivity index (χ1v) is 6.85. The molecule has 1 saturated carbocycles. The number of phenols is 1. The average molecular weight is 263 g/mol. The number of nitrogens with zero attached hydrogens (tertiary/aromatic N) is 1. The van der Waals surface area contributed by atoms with Crippen molar-refractivity contribution < 1.29 is 14.6 Å². The summed E-state index contributed by atoms with van der Waals surface area (Å²) in [6.07, 6.45) is 4.56. The minimum absolute atomic E-state index is 0.00708. The van der Waals surface area contributed by atoms with Crippen LogP contribution in [0.3, 0.4) is 0 Å². The number of amides is 1. The maximum atomic E-state index is 12.5. The van der Waals surface area contributed by atoms with E-state index in [0.29, 0.717) is 23.9 Å². The van der Waals surface area contributed by atoms with E-state index < -0.39 is 0 Å². The minimum Gasteiger partial charge on any atom is -0.504 e. The van der Waals surface area contributed by atoms with Gasteiger partial charge in [0.1, 0.15) is 0 Å². The number of carbonyl (C=O) groups is 1. The molecule has 0 aromatic heterocycles. The summed E-state index contributed by atoms with van der Waals surface area (Å²) in [7, 11) is 1.49. The number of benzene rings is 1. The molecule has 0 aliphatic heterocycles. The van der Waals surface area contributed by atoms with E-state index in [-0.39, 0.29) is 11.7 Å². The molecule has 1 aromatic rings. The Labute approximate surface area is 114 Å². The van der Waals surface area contributed by atoms with E-state index in [2.05, 4.69) is 0 Å². The Hall–Kier alpha value is -1.71. The fourth-order valence-corrected chi connectivity index (χ4v) is 2.77. The maximum absolute atomic E-state index is 12.5. The third kappa shape index (κ3) is 2.83. The molecule has 1 aliphatic carbocycles. The summed E-state index contributed by atoms with van der Waals surface area (Å²) in [5, 5.41) is 9.76. The summed E-state index contributed by atoms with van der Waals surface area (Å²) in [6.45, 7) is 2.70. The zero-order valence-electron chi connectivity index (χ0n) is 11.6. The molecule has 1 aromatic carbocycles. The largest absolute Gasteiger partial charge is 0.504 e. The quantitative estimate of drug-likeness (QED) is 0.908. The van der Waals surface area contributed by atoms with Crippen molar-refractivity contribution in [2.45, 2.75) is 38.6 Å². The summed E-state index contributed by atoms with van der Waals surface area (Å²) in [6, 6.07) is 5.17. The van der Waals surface area contributed by atoms with Crippen LogP contribution in [-0.4, -0.2) is 35.6 Å². The first-order chi connectivity index (χ1) is 9.17. The van der Waals surface area contributed by atoms with Crippen LogP contribution >= 0.6 is 0 Å². The number of rotatable bonds is 4. The van der Waals surface area contributed by atoms with E-state index in [1.54, 1.807) is 12.1 Å². The Balaban J connectivity index is 2.19. The molecule has 1 aliphatic rings. The van der Waals surface area contributed by atoms with E-state index in [1.165, 1.54) is 26.0 Å². The standard InChI is InChI=1S/C15H21NO3/c1-3-16(12-6-4-5-7-12)15(18)11-8-9-14(19-2)13(17)10-11/h8-10,12,17H,3-7H2,1-2H3. The highest BCUT2D eigenvalue weighted by Gasteiger charge is 2.26. The van der Waals surface area contributed by atoms with Crippen LogP contribution in [0.25, 0.3) is 0 Å². The van der Waals surface area contributed by atoms with Crippen LogP contribution in [0.1, 0.15) is 43.0 Å². The van der Waals surface area contributed by atoms with Crippen LogP contribution in [-0.2, 0) is 0 Å². The number of carbonyl (C=O) groups excluding carboxylic acids is 1. The van der Waals surface area contributed by atoms with Crippen LogP contribution in [0.5, 0.6) is 11.5 Å². The Morgan fingerprint density at radius 1 is 1.42 bits per heavy atom. The van der Waals surface area contributed by atoms with Crippen molar-refractivity contribution in [3.8, 4) is 11.5 Å². The fraction of sp³-hybridized carbons (Fsp3) is 0.533. The Morgan fingerprint density at radius 2 is 2.11 bits per heavy atom. The third-order valence-electron chi connectivity index (χ3n) is 3.79. The van der Waals surface area contributed by atoms with Crippen LogP contribution in [0.15, 0.2) is 18.2 Å². The van der Waals surface area contributed by atoms with Gasteiger partial charge in [-0.1, -0.05) is 12.8 Å². The number of hydrogen-bond acceptors (Lipinski definition) is 3. The molecule has 0 heterocycles. The zero-order chi connectivity index (χ0) is 13.8. The van der Waals surface area contributed by atoms with E-state index in [9.17, 15) is 9.90 Å². The minimum atomic E-state index is -0.00708. The second-order valence-electron chi connectivity index (χ2n) is 4.92. The van der Waals surface area contributed by atoms with Crippen molar-refractivity contribution in [3.63, 3.8) is 0 Å². The van der Waals surface area contributed by atoms with Gasteiger partial charge in [0.05, 0.1) is 7.11 Å². The first-order valence-electron chi connectivity index (χ1n) is 6.85. The predicted molar refractivity (Wildman–Crippen MR) is 73.6 cm³/mol. The molecule has 104 valence electrons. The monoisotopic (exact) mass is 263 g/mol. The SMILES string of the molecule is CCN(C(=O)c1ccc(OC)c(O)c1)C1CCCC1. The molecule has 19 heavy (non-hydrogen) atoms. The van der Waals surface area contributed by atoms with Gasteiger partial charge in [0.25, 0.3) is 5.91 Å². The lowest BCUT2D eigenvalue weighted by Crippen LogP contribution is -2.38. The van der Waals surface area contributed by atoms with Gasteiger partial charge in [-0.25, -0.2) is 0 Å². The molecule has 1 N–H and O–H groups in total. The molecule has 0 bridgehead atoms. The molecule has 4 nitrogen and oxygen atoms in total. The van der Waals surface area contributed by atoms with Gasteiger partial charge < -0.3 is 14.7 Å². The number of hydrogen-bond donors (Lipinski definition) is 1. The molecular weight excluding hydrogens is 242 g/mol. The van der Waals surface area contributed by atoms with Crippen molar-refractivity contribution in [3.05, 3.63) is 23.8 Å². The van der Waals surface area contributed by atoms with E-state index in [4.69, 9.17) is 4.74 Å². The smallest absolute Gasteiger partial charge is 0.254 e. The Bertz CT molecular complexity index is 453. The molecule has 1 amide bonds. The lowest BCUT2D eigenvalue weighted by atomic mass is 10.1. The van der Waals surface area contributed by atoms with Gasteiger partial charge in [0.2, 0.25) is 0 Å². The molecule has 0 radical (unpaired) electrons. The predicted octanol–water partition coefficient (Wildman–Crippen LogP) is 2.81. The zero-order valence-corrected chi connectivity index (χ0v) is 11.6. The van der Waals surface area contributed by atoms with Gasteiger partial charge >= 0.3 is 0 Å². The molecule has 1 fully saturated rings. The van der Waals surface area contributed by atoms with Crippen molar-refractivity contribution in [1.82, 2.24) is 4.90 Å². The van der Waals surface area contributed by atoms with Crippen LogP contribution < -0.4 is 4.74 Å². The lowest BCUT2D eigenvalue weighted by molar-refractivity contribution is 0.0693. The average Bonchev–Trinajstić information content (AvgIpc) is 2.93. The van der Waals surface area contributed by atoms with Gasteiger partial charge in [0, 0.05) is 18.2 Å². The number of methoxy groups -OCH3 is 1. The molecule has 0 atom stereocenters. The van der Waals surface area contributed by atoms with Gasteiger partial charge in [-0.2, -0.15) is 0 Å². The van der Waals surface area contributed by atoms with Crippen molar-refractivity contribution in [1.29, 1.82) is 0 Å². The maximum Gasteiger partial charge on any atom is 0.254 e. The van der Waals surface area contributed by atoms with Gasteiger partial charge in [0.15, 0.2) is 11.5 Å². The lowest BCUT2D eigenvalue weighted by Gasteiger charge is -2.27. The van der Waals surface area contributed by atoms with E-state index in [0.717, 1.165) is 12.8 Å². The summed E-state index contributed by atoms with van der Waals surface area (Å²) in [5.74, 6) is 0.392. The highest BCUT2D eigenvalue weighted by molar-refractivity contribution is 5.95. The van der Waals surface area contributed by atoms with Crippen molar-refractivity contribution >= 4 is 5.91 Å². The fourth-order valence-electron chi connectivity index (χ4n) is 2.77. The van der Waals surface area contributed by atoms with Gasteiger partial charge in [-0.15, -0.1) is 0 Å². The summed E-state index contributed by atoms with van der Waals surface area (Å²) in [5.41, 5.74) is 0.520. The summed E-state index contributed by atoms with van der Waals surface area (Å²) in [4.78, 5) is 14.4. The van der Waals surface area contributed by atoms with Crippen LogP contribution in [0.4, 0.5) is 0 Å². The molecule has 0 saturated heterocycles.